The zero-order valence-electron chi connectivity index (χ0n) is 18.0. The van der Waals surface area contributed by atoms with Crippen LogP contribution in [0, 0.1) is 5.82 Å². The van der Waals surface area contributed by atoms with Gasteiger partial charge >= 0.3 is 0 Å². The van der Waals surface area contributed by atoms with E-state index in [4.69, 9.17) is 4.74 Å². The number of aromatic nitrogens is 1. The maximum absolute atomic E-state index is 13.3. The summed E-state index contributed by atoms with van der Waals surface area (Å²) in [6, 6.07) is 8.10. The number of carbonyl (C=O) groups is 3. The number of nitrogens with zero attached hydrogens (tertiary/aromatic N) is 3. The second-order valence-electron chi connectivity index (χ2n) is 8.78. The van der Waals surface area contributed by atoms with Crippen molar-refractivity contribution in [3.8, 4) is 0 Å². The molecule has 0 spiro atoms. The van der Waals surface area contributed by atoms with Crippen LogP contribution in [0.1, 0.15) is 35.2 Å². The molecular weight excluding hydrogens is 427 g/mol. The molecule has 0 saturated carbocycles. The highest BCUT2D eigenvalue weighted by molar-refractivity contribution is 5.98. The number of piperidine rings is 1. The van der Waals surface area contributed by atoms with Crippen LogP contribution < -0.4 is 5.32 Å². The highest BCUT2D eigenvalue weighted by atomic mass is 19.1. The lowest BCUT2D eigenvalue weighted by atomic mass is 9.92. The number of carbonyl (C=O) groups excluding carboxylic acids is 3. The molecule has 0 aliphatic carbocycles. The summed E-state index contributed by atoms with van der Waals surface area (Å²) in [7, 11) is 0. The minimum Gasteiger partial charge on any atom is -0.372 e. The van der Waals surface area contributed by atoms with Crippen LogP contribution in [-0.4, -0.2) is 69.8 Å². The Hall–Kier alpha value is -3.33. The van der Waals surface area contributed by atoms with E-state index in [1.807, 2.05) is 0 Å². The first-order valence-corrected chi connectivity index (χ1v) is 11.2. The summed E-state index contributed by atoms with van der Waals surface area (Å²) in [5.41, 5.74) is 1.35. The van der Waals surface area contributed by atoms with Gasteiger partial charge in [0.2, 0.25) is 11.8 Å². The van der Waals surface area contributed by atoms with Gasteiger partial charge in [-0.1, -0.05) is 12.1 Å². The third-order valence-corrected chi connectivity index (χ3v) is 6.68. The summed E-state index contributed by atoms with van der Waals surface area (Å²) < 4.78 is 19.0. The molecule has 0 radical (unpaired) electrons. The number of hydrogen-bond acceptors (Lipinski definition) is 5. The van der Waals surface area contributed by atoms with Gasteiger partial charge in [-0.15, -0.1) is 0 Å². The van der Waals surface area contributed by atoms with E-state index in [2.05, 4.69) is 10.3 Å². The van der Waals surface area contributed by atoms with Gasteiger partial charge in [0, 0.05) is 43.5 Å². The third kappa shape index (κ3) is 4.32. The van der Waals surface area contributed by atoms with Crippen molar-refractivity contribution >= 4 is 17.7 Å². The van der Waals surface area contributed by atoms with E-state index in [0.717, 1.165) is 5.56 Å². The van der Waals surface area contributed by atoms with E-state index in [1.165, 1.54) is 12.1 Å². The first kappa shape index (κ1) is 21.5. The first-order chi connectivity index (χ1) is 16.0. The monoisotopic (exact) mass is 452 g/mol. The summed E-state index contributed by atoms with van der Waals surface area (Å²) in [5.74, 6) is -0.652. The number of benzene rings is 1. The van der Waals surface area contributed by atoms with Crippen molar-refractivity contribution in [2.24, 2.45) is 0 Å². The molecule has 0 bridgehead atoms. The number of pyridine rings is 1. The molecule has 172 valence electrons. The highest BCUT2D eigenvalue weighted by Gasteiger charge is 2.52. The second kappa shape index (κ2) is 8.90. The normalized spacial score (nSPS) is 26.7. The summed E-state index contributed by atoms with van der Waals surface area (Å²) in [6.45, 7) is 1.08. The van der Waals surface area contributed by atoms with Crippen LogP contribution in [-0.2, 0) is 20.9 Å². The number of fused-ring (bicyclic) bond motifs is 2. The van der Waals surface area contributed by atoms with Crippen LogP contribution in [0.2, 0.25) is 0 Å². The van der Waals surface area contributed by atoms with Crippen molar-refractivity contribution in [2.45, 2.75) is 50.1 Å². The van der Waals surface area contributed by atoms with E-state index in [9.17, 15) is 18.8 Å². The molecule has 1 N–H and O–H groups in total. The molecule has 1 aromatic carbocycles. The lowest BCUT2D eigenvalue weighted by molar-refractivity contribution is -0.161. The van der Waals surface area contributed by atoms with Crippen molar-refractivity contribution in [3.63, 3.8) is 0 Å². The smallest absolute Gasteiger partial charge is 0.251 e. The number of hydrogen-bond donors (Lipinski definition) is 1. The number of nitrogens with one attached hydrogen (secondary N) is 1. The van der Waals surface area contributed by atoms with Crippen molar-refractivity contribution in [3.05, 3.63) is 65.7 Å². The lowest BCUT2D eigenvalue weighted by Gasteiger charge is -2.46. The molecule has 0 unspecified atom stereocenters. The molecule has 9 heteroatoms. The maximum Gasteiger partial charge on any atom is 0.251 e. The van der Waals surface area contributed by atoms with Crippen molar-refractivity contribution < 1.29 is 23.5 Å². The fraction of sp³-hybridized carbons (Fsp3) is 0.417. The molecular formula is C24H25FN4O4. The van der Waals surface area contributed by atoms with Crippen LogP contribution >= 0.6 is 0 Å². The lowest BCUT2D eigenvalue weighted by Crippen LogP contribution is -2.66. The molecule has 4 atom stereocenters. The summed E-state index contributed by atoms with van der Waals surface area (Å²) in [6.07, 6.45) is 4.31. The summed E-state index contributed by atoms with van der Waals surface area (Å²) in [5, 5.41) is 2.99. The van der Waals surface area contributed by atoms with Crippen LogP contribution in [0.3, 0.4) is 0 Å². The SMILES string of the molecule is O=C(N[C@H]1CCN2C(=O)[C@@H]3C[C@@H](OCc4ccc(F)cc4)CN3C(=O)[C@@H]2C1)c1ccncc1. The van der Waals surface area contributed by atoms with Gasteiger partial charge in [0.1, 0.15) is 17.9 Å². The number of rotatable bonds is 5. The Balaban J connectivity index is 1.21. The fourth-order valence-electron chi connectivity index (χ4n) is 4.94. The van der Waals surface area contributed by atoms with Crippen LogP contribution in [0.5, 0.6) is 0 Å². The van der Waals surface area contributed by atoms with Gasteiger partial charge in [0.05, 0.1) is 12.7 Å². The number of ether oxygens (including phenoxy) is 1. The molecule has 33 heavy (non-hydrogen) atoms. The number of piperazine rings is 1. The molecule has 3 fully saturated rings. The molecule has 2 aromatic rings. The molecule has 8 nitrogen and oxygen atoms in total. The largest absolute Gasteiger partial charge is 0.372 e. The van der Waals surface area contributed by atoms with Gasteiger partial charge < -0.3 is 19.9 Å². The van der Waals surface area contributed by atoms with E-state index >= 15 is 0 Å². The number of amides is 3. The second-order valence-corrected chi connectivity index (χ2v) is 8.78. The Kier molecular flexibility index (Phi) is 5.80. The van der Waals surface area contributed by atoms with Crippen molar-refractivity contribution in [2.75, 3.05) is 13.1 Å². The van der Waals surface area contributed by atoms with E-state index in [0.29, 0.717) is 44.5 Å². The predicted molar refractivity (Wildman–Crippen MR) is 115 cm³/mol. The zero-order chi connectivity index (χ0) is 22.9. The Morgan fingerprint density at radius 3 is 2.48 bits per heavy atom. The van der Waals surface area contributed by atoms with Crippen LogP contribution in [0.25, 0.3) is 0 Å². The zero-order valence-corrected chi connectivity index (χ0v) is 18.0. The van der Waals surface area contributed by atoms with Crippen LogP contribution in [0.4, 0.5) is 4.39 Å². The molecule has 1 aromatic heterocycles. The van der Waals surface area contributed by atoms with E-state index in [-0.39, 0.29) is 35.7 Å². The predicted octanol–water partition coefficient (Wildman–Crippen LogP) is 1.51. The van der Waals surface area contributed by atoms with E-state index in [1.54, 1.807) is 46.5 Å². The minimum absolute atomic E-state index is 0.0496. The summed E-state index contributed by atoms with van der Waals surface area (Å²) in [4.78, 5) is 46.1. The Bertz CT molecular complexity index is 1050. The quantitative estimate of drug-likeness (QED) is 0.743. The van der Waals surface area contributed by atoms with Gasteiger partial charge in [0.15, 0.2) is 0 Å². The summed E-state index contributed by atoms with van der Waals surface area (Å²) >= 11 is 0. The maximum atomic E-state index is 13.3. The topological polar surface area (TPSA) is 91.8 Å². The van der Waals surface area contributed by atoms with Gasteiger partial charge in [-0.3, -0.25) is 19.4 Å². The molecule has 3 aliphatic rings. The van der Waals surface area contributed by atoms with Gasteiger partial charge in [-0.05, 0) is 42.7 Å². The minimum atomic E-state index is -0.568. The van der Waals surface area contributed by atoms with Crippen molar-refractivity contribution in [1.82, 2.24) is 20.1 Å². The first-order valence-electron chi connectivity index (χ1n) is 11.2. The van der Waals surface area contributed by atoms with Crippen molar-refractivity contribution in [1.29, 1.82) is 0 Å². The van der Waals surface area contributed by atoms with Gasteiger partial charge in [-0.25, -0.2) is 4.39 Å². The van der Waals surface area contributed by atoms with Gasteiger partial charge in [0.25, 0.3) is 5.91 Å². The fourth-order valence-corrected chi connectivity index (χ4v) is 4.94. The molecule has 4 heterocycles. The standard InChI is InChI=1S/C24H25FN4O4/c25-17-3-1-15(2-4-17)14-33-19-12-21-23(31)28-10-7-18(11-20(28)24(32)29(21)13-19)27-22(30)16-5-8-26-9-6-16/h1-6,8-9,18-21H,7,10-14H2,(H,27,30)/t18-,19+,20-,21-/m0/s1. The van der Waals surface area contributed by atoms with E-state index < -0.39 is 12.1 Å². The van der Waals surface area contributed by atoms with Gasteiger partial charge in [-0.2, -0.15) is 0 Å². The average molecular weight is 452 g/mol. The average Bonchev–Trinajstić information content (AvgIpc) is 3.28. The Morgan fingerprint density at radius 2 is 1.73 bits per heavy atom. The molecule has 3 saturated heterocycles. The third-order valence-electron chi connectivity index (χ3n) is 6.68. The molecule has 5 rings (SSSR count). The van der Waals surface area contributed by atoms with Crippen LogP contribution in [0.15, 0.2) is 48.8 Å². The Labute approximate surface area is 190 Å². The Morgan fingerprint density at radius 1 is 1.03 bits per heavy atom. The molecule has 3 aliphatic heterocycles. The highest BCUT2D eigenvalue weighted by Crippen LogP contribution is 2.33. The number of halogens is 1. The molecule has 3 amide bonds.